The SMILES string of the molecule is CCCCC(C)Nc1nc(C)cn1C(C)C. The highest BCUT2D eigenvalue weighted by atomic mass is 15.2. The van der Waals surface area contributed by atoms with E-state index in [1.54, 1.807) is 0 Å². The minimum absolute atomic E-state index is 0.460. The summed E-state index contributed by atoms with van der Waals surface area (Å²) in [5, 5.41) is 3.50. The summed E-state index contributed by atoms with van der Waals surface area (Å²) < 4.78 is 2.21. The highest BCUT2D eigenvalue weighted by molar-refractivity contribution is 5.30. The van der Waals surface area contributed by atoms with Crippen LogP contribution in [0.2, 0.25) is 0 Å². The molecule has 1 rings (SSSR count). The highest BCUT2D eigenvalue weighted by Crippen LogP contribution is 2.17. The summed E-state index contributed by atoms with van der Waals surface area (Å²) in [5.41, 5.74) is 1.08. The Bertz CT molecular complexity index is 315. The molecule has 0 radical (unpaired) electrons. The molecule has 0 aromatic carbocycles. The van der Waals surface area contributed by atoms with Gasteiger partial charge in [0.25, 0.3) is 0 Å². The fourth-order valence-corrected chi connectivity index (χ4v) is 1.82. The van der Waals surface area contributed by atoms with E-state index >= 15 is 0 Å². The first-order valence-electron chi connectivity index (χ1n) is 6.36. The van der Waals surface area contributed by atoms with Gasteiger partial charge in [-0.15, -0.1) is 0 Å². The van der Waals surface area contributed by atoms with Gasteiger partial charge >= 0.3 is 0 Å². The number of nitrogens with one attached hydrogen (secondary N) is 1. The molecule has 16 heavy (non-hydrogen) atoms. The van der Waals surface area contributed by atoms with Crippen molar-refractivity contribution in [3.05, 3.63) is 11.9 Å². The highest BCUT2D eigenvalue weighted by Gasteiger charge is 2.10. The van der Waals surface area contributed by atoms with Crippen LogP contribution in [0.4, 0.5) is 5.95 Å². The molecule has 0 saturated carbocycles. The van der Waals surface area contributed by atoms with Gasteiger partial charge in [0, 0.05) is 18.3 Å². The zero-order valence-corrected chi connectivity index (χ0v) is 11.2. The Hall–Kier alpha value is -0.990. The number of aromatic nitrogens is 2. The largest absolute Gasteiger partial charge is 0.353 e. The number of anilines is 1. The molecule has 1 unspecified atom stereocenters. The molecule has 92 valence electrons. The van der Waals surface area contributed by atoms with Crippen molar-refractivity contribution in [1.29, 1.82) is 0 Å². The van der Waals surface area contributed by atoms with E-state index in [0.29, 0.717) is 12.1 Å². The van der Waals surface area contributed by atoms with Gasteiger partial charge in [-0.1, -0.05) is 19.8 Å². The molecule has 0 spiro atoms. The molecule has 3 heteroatoms. The molecular formula is C13H25N3. The number of aryl methyl sites for hydroxylation is 1. The lowest BCUT2D eigenvalue weighted by molar-refractivity contribution is 0.587. The Morgan fingerprint density at radius 3 is 2.62 bits per heavy atom. The molecule has 0 aliphatic rings. The summed E-state index contributed by atoms with van der Waals surface area (Å²) in [6.07, 6.45) is 5.85. The average molecular weight is 223 g/mol. The summed E-state index contributed by atoms with van der Waals surface area (Å²) in [5.74, 6) is 1.01. The molecule has 1 aromatic heterocycles. The minimum atomic E-state index is 0.460. The smallest absolute Gasteiger partial charge is 0.203 e. The number of unbranched alkanes of at least 4 members (excludes halogenated alkanes) is 1. The van der Waals surface area contributed by atoms with Crippen LogP contribution >= 0.6 is 0 Å². The number of hydrogen-bond donors (Lipinski definition) is 1. The Labute approximate surface area is 99.3 Å². The van der Waals surface area contributed by atoms with E-state index < -0.39 is 0 Å². The van der Waals surface area contributed by atoms with Crippen molar-refractivity contribution >= 4 is 5.95 Å². The minimum Gasteiger partial charge on any atom is -0.353 e. The van der Waals surface area contributed by atoms with Crippen LogP contribution in [0.5, 0.6) is 0 Å². The topological polar surface area (TPSA) is 29.9 Å². The van der Waals surface area contributed by atoms with Crippen molar-refractivity contribution < 1.29 is 0 Å². The lowest BCUT2D eigenvalue weighted by Gasteiger charge is -2.17. The molecule has 0 aliphatic carbocycles. The standard InChI is InChI=1S/C13H25N3/c1-6-7-8-11(4)14-13-15-12(5)9-16(13)10(2)3/h9-11H,6-8H2,1-5H3,(H,14,15). The third kappa shape index (κ3) is 3.54. The van der Waals surface area contributed by atoms with Crippen LogP contribution in [0.1, 0.15) is 58.7 Å². The van der Waals surface area contributed by atoms with E-state index in [4.69, 9.17) is 0 Å². The van der Waals surface area contributed by atoms with E-state index in [0.717, 1.165) is 11.6 Å². The van der Waals surface area contributed by atoms with E-state index in [-0.39, 0.29) is 0 Å². The number of hydrogen-bond acceptors (Lipinski definition) is 2. The quantitative estimate of drug-likeness (QED) is 0.795. The second-order valence-electron chi connectivity index (χ2n) is 4.89. The summed E-state index contributed by atoms with van der Waals surface area (Å²) in [7, 11) is 0. The second-order valence-corrected chi connectivity index (χ2v) is 4.89. The van der Waals surface area contributed by atoms with E-state index in [1.807, 2.05) is 6.92 Å². The zero-order valence-electron chi connectivity index (χ0n) is 11.2. The normalized spacial score (nSPS) is 13.1. The van der Waals surface area contributed by atoms with Gasteiger partial charge < -0.3 is 9.88 Å². The van der Waals surface area contributed by atoms with Gasteiger partial charge in [-0.3, -0.25) is 0 Å². The molecule has 0 bridgehead atoms. The van der Waals surface area contributed by atoms with Gasteiger partial charge in [0.05, 0.1) is 5.69 Å². The van der Waals surface area contributed by atoms with Crippen LogP contribution in [-0.4, -0.2) is 15.6 Å². The Morgan fingerprint density at radius 1 is 1.38 bits per heavy atom. The van der Waals surface area contributed by atoms with Gasteiger partial charge in [-0.05, 0) is 34.1 Å². The monoisotopic (exact) mass is 223 g/mol. The van der Waals surface area contributed by atoms with Crippen molar-refractivity contribution in [2.75, 3.05) is 5.32 Å². The molecule has 0 aliphatic heterocycles. The average Bonchev–Trinajstić information content (AvgIpc) is 2.56. The number of rotatable bonds is 6. The summed E-state index contributed by atoms with van der Waals surface area (Å²) in [6, 6.07) is 0.960. The molecule has 1 aromatic rings. The predicted octanol–water partition coefficient (Wildman–Crippen LogP) is 3.76. The van der Waals surface area contributed by atoms with E-state index in [1.165, 1.54) is 19.3 Å². The molecule has 0 amide bonds. The van der Waals surface area contributed by atoms with Crippen molar-refractivity contribution in [2.24, 2.45) is 0 Å². The lowest BCUT2D eigenvalue weighted by Crippen LogP contribution is -2.18. The zero-order chi connectivity index (χ0) is 12.1. The fraction of sp³-hybridized carbons (Fsp3) is 0.769. The van der Waals surface area contributed by atoms with Crippen LogP contribution in [0.3, 0.4) is 0 Å². The maximum Gasteiger partial charge on any atom is 0.203 e. The maximum absolute atomic E-state index is 4.53. The van der Waals surface area contributed by atoms with Crippen molar-refractivity contribution in [2.45, 2.75) is 66.0 Å². The molecule has 0 saturated heterocycles. The molecule has 3 nitrogen and oxygen atoms in total. The molecule has 1 atom stereocenters. The van der Waals surface area contributed by atoms with Gasteiger partial charge in [0.1, 0.15) is 0 Å². The van der Waals surface area contributed by atoms with Crippen LogP contribution in [0, 0.1) is 6.92 Å². The van der Waals surface area contributed by atoms with Crippen LogP contribution in [-0.2, 0) is 0 Å². The van der Waals surface area contributed by atoms with Crippen molar-refractivity contribution in [3.63, 3.8) is 0 Å². The Kier molecular flexibility index (Phi) is 4.84. The van der Waals surface area contributed by atoms with Crippen LogP contribution in [0.15, 0.2) is 6.20 Å². The third-order valence-corrected chi connectivity index (χ3v) is 2.78. The summed E-state index contributed by atoms with van der Waals surface area (Å²) >= 11 is 0. The fourth-order valence-electron chi connectivity index (χ4n) is 1.82. The second kappa shape index (κ2) is 5.92. The van der Waals surface area contributed by atoms with Gasteiger partial charge in [-0.25, -0.2) is 4.98 Å². The number of imidazole rings is 1. The van der Waals surface area contributed by atoms with Crippen LogP contribution in [0.25, 0.3) is 0 Å². The summed E-state index contributed by atoms with van der Waals surface area (Å²) in [6.45, 7) is 10.9. The van der Waals surface area contributed by atoms with Crippen LogP contribution < -0.4 is 5.32 Å². The van der Waals surface area contributed by atoms with E-state index in [2.05, 4.69) is 48.8 Å². The Balaban J connectivity index is 2.65. The first-order chi connectivity index (χ1) is 7.54. The molecule has 1 N–H and O–H groups in total. The first kappa shape index (κ1) is 13.1. The van der Waals surface area contributed by atoms with Gasteiger partial charge in [0.2, 0.25) is 5.95 Å². The first-order valence-corrected chi connectivity index (χ1v) is 6.36. The predicted molar refractivity (Wildman–Crippen MR) is 70.0 cm³/mol. The van der Waals surface area contributed by atoms with Crippen molar-refractivity contribution in [1.82, 2.24) is 9.55 Å². The summed E-state index contributed by atoms with van der Waals surface area (Å²) in [4.78, 5) is 4.53. The van der Waals surface area contributed by atoms with Crippen molar-refractivity contribution in [3.8, 4) is 0 Å². The van der Waals surface area contributed by atoms with Gasteiger partial charge in [-0.2, -0.15) is 0 Å². The molecule has 1 heterocycles. The molecular weight excluding hydrogens is 198 g/mol. The lowest BCUT2D eigenvalue weighted by atomic mass is 10.1. The third-order valence-electron chi connectivity index (χ3n) is 2.78. The Morgan fingerprint density at radius 2 is 2.06 bits per heavy atom. The van der Waals surface area contributed by atoms with Gasteiger partial charge in [0.15, 0.2) is 0 Å². The number of nitrogens with zero attached hydrogens (tertiary/aromatic N) is 2. The maximum atomic E-state index is 4.53. The van der Waals surface area contributed by atoms with E-state index in [9.17, 15) is 0 Å². The molecule has 0 fully saturated rings.